The SMILES string of the molecule is COc1cc2c(cn1)CC(=O)C(C#N)=C2N1CCC2(CCC2)CC1. The summed E-state index contributed by atoms with van der Waals surface area (Å²) < 4.78 is 5.25. The second-order valence-electron chi connectivity index (χ2n) is 7.16. The quantitative estimate of drug-likeness (QED) is 0.837. The van der Waals surface area contributed by atoms with Crippen molar-refractivity contribution < 1.29 is 9.53 Å². The van der Waals surface area contributed by atoms with Gasteiger partial charge in [-0.3, -0.25) is 4.79 Å². The minimum atomic E-state index is -0.101. The molecule has 0 amide bonds. The predicted octanol–water partition coefficient (Wildman–Crippen LogP) is 2.72. The first-order valence-corrected chi connectivity index (χ1v) is 8.62. The Labute approximate surface area is 141 Å². The number of methoxy groups -OCH3 is 1. The van der Waals surface area contributed by atoms with Gasteiger partial charge in [0, 0.05) is 37.3 Å². The van der Waals surface area contributed by atoms with Gasteiger partial charge in [0.05, 0.1) is 12.8 Å². The first kappa shape index (κ1) is 15.2. The van der Waals surface area contributed by atoms with E-state index in [1.54, 1.807) is 13.3 Å². The third-order valence-corrected chi connectivity index (χ3v) is 5.96. The van der Waals surface area contributed by atoms with E-state index in [1.807, 2.05) is 6.07 Å². The third-order valence-electron chi connectivity index (χ3n) is 5.96. The molecule has 0 radical (unpaired) electrons. The van der Waals surface area contributed by atoms with E-state index in [4.69, 9.17) is 4.74 Å². The number of hydrogen-bond acceptors (Lipinski definition) is 5. The molecule has 0 aromatic carbocycles. The molecular formula is C19H21N3O2. The number of ketones is 1. The van der Waals surface area contributed by atoms with Gasteiger partial charge in [0.25, 0.3) is 0 Å². The van der Waals surface area contributed by atoms with Gasteiger partial charge in [-0.05, 0) is 36.7 Å². The van der Waals surface area contributed by atoms with Gasteiger partial charge in [-0.25, -0.2) is 4.98 Å². The summed E-state index contributed by atoms with van der Waals surface area (Å²) >= 11 is 0. The maximum absolute atomic E-state index is 12.4. The monoisotopic (exact) mass is 323 g/mol. The van der Waals surface area contributed by atoms with Crippen LogP contribution in [-0.4, -0.2) is 35.9 Å². The van der Waals surface area contributed by atoms with Crippen LogP contribution < -0.4 is 4.74 Å². The molecule has 5 nitrogen and oxygen atoms in total. The van der Waals surface area contributed by atoms with Crippen molar-refractivity contribution in [3.05, 3.63) is 29.0 Å². The Bertz CT molecular complexity index is 761. The molecule has 24 heavy (non-hydrogen) atoms. The van der Waals surface area contributed by atoms with Crippen molar-refractivity contribution in [1.29, 1.82) is 5.26 Å². The molecular weight excluding hydrogens is 302 g/mol. The number of aromatic nitrogens is 1. The van der Waals surface area contributed by atoms with Crippen molar-refractivity contribution in [2.75, 3.05) is 20.2 Å². The van der Waals surface area contributed by atoms with Crippen molar-refractivity contribution in [2.24, 2.45) is 5.41 Å². The van der Waals surface area contributed by atoms with Gasteiger partial charge in [-0.2, -0.15) is 5.26 Å². The van der Waals surface area contributed by atoms with Crippen LogP contribution in [-0.2, 0) is 11.2 Å². The van der Waals surface area contributed by atoms with Gasteiger partial charge in [0.1, 0.15) is 11.6 Å². The number of carbonyl (C=O) groups excluding carboxylic acids is 1. The van der Waals surface area contributed by atoms with E-state index >= 15 is 0 Å². The molecule has 1 aromatic heterocycles. The lowest BCUT2D eigenvalue weighted by Gasteiger charge is -2.49. The molecule has 0 bridgehead atoms. The average molecular weight is 323 g/mol. The Balaban J connectivity index is 1.73. The van der Waals surface area contributed by atoms with Crippen molar-refractivity contribution >= 4 is 11.5 Å². The van der Waals surface area contributed by atoms with E-state index in [1.165, 1.54) is 19.3 Å². The summed E-state index contributed by atoms with van der Waals surface area (Å²) in [4.78, 5) is 18.9. The first-order valence-electron chi connectivity index (χ1n) is 8.62. The normalized spacial score (nSPS) is 22.0. The maximum Gasteiger partial charge on any atom is 0.213 e. The molecule has 1 spiro atoms. The van der Waals surface area contributed by atoms with E-state index in [2.05, 4.69) is 16.0 Å². The van der Waals surface area contributed by atoms with Crippen molar-refractivity contribution in [3.8, 4) is 11.9 Å². The average Bonchev–Trinajstić information content (AvgIpc) is 2.59. The standard InChI is InChI=1S/C19H21N3O2/c1-24-17-10-14-13(12-21-17)9-16(23)15(11-20)18(14)22-7-5-19(6-8-22)3-2-4-19/h10,12H,2-9H2,1H3. The number of pyridine rings is 1. The molecule has 2 heterocycles. The Hall–Kier alpha value is -2.35. The number of ether oxygens (including phenoxy) is 1. The molecule has 1 saturated heterocycles. The summed E-state index contributed by atoms with van der Waals surface area (Å²) in [5, 5.41) is 9.57. The maximum atomic E-state index is 12.4. The van der Waals surface area contributed by atoms with Gasteiger partial charge in [0.15, 0.2) is 5.78 Å². The predicted molar refractivity (Wildman–Crippen MR) is 89.1 cm³/mol. The fourth-order valence-corrected chi connectivity index (χ4v) is 4.29. The Morgan fingerprint density at radius 2 is 2.04 bits per heavy atom. The zero-order valence-corrected chi connectivity index (χ0v) is 14.0. The lowest BCUT2D eigenvalue weighted by molar-refractivity contribution is -0.114. The van der Waals surface area contributed by atoms with E-state index in [0.717, 1.165) is 42.8 Å². The van der Waals surface area contributed by atoms with Gasteiger partial charge >= 0.3 is 0 Å². The third kappa shape index (κ3) is 2.29. The molecule has 0 N–H and O–H groups in total. The van der Waals surface area contributed by atoms with Gasteiger partial charge < -0.3 is 9.64 Å². The molecule has 3 aliphatic rings. The number of Topliss-reactive ketones (excluding diaryl/α,β-unsaturated/α-hetero) is 1. The minimum absolute atomic E-state index is 0.101. The van der Waals surface area contributed by atoms with Crippen LogP contribution in [0.4, 0.5) is 0 Å². The fraction of sp³-hybridized carbons (Fsp3) is 0.526. The Morgan fingerprint density at radius 1 is 1.29 bits per heavy atom. The zero-order chi connectivity index (χ0) is 16.7. The molecule has 0 atom stereocenters. The van der Waals surface area contributed by atoms with Gasteiger partial charge in [-0.1, -0.05) is 6.42 Å². The second kappa shape index (κ2) is 5.62. The number of hydrogen-bond donors (Lipinski definition) is 0. The molecule has 2 fully saturated rings. The molecule has 1 aromatic rings. The summed E-state index contributed by atoms with van der Waals surface area (Å²) in [6.45, 7) is 1.83. The smallest absolute Gasteiger partial charge is 0.213 e. The Kier molecular flexibility index (Phi) is 3.56. The van der Waals surface area contributed by atoms with Crippen LogP contribution in [0.5, 0.6) is 5.88 Å². The van der Waals surface area contributed by atoms with Crippen LogP contribution in [0.1, 0.15) is 43.2 Å². The van der Waals surface area contributed by atoms with E-state index < -0.39 is 0 Å². The summed E-state index contributed by atoms with van der Waals surface area (Å²) in [6.07, 6.45) is 8.27. The minimum Gasteiger partial charge on any atom is -0.481 e. The van der Waals surface area contributed by atoms with Gasteiger partial charge in [-0.15, -0.1) is 0 Å². The number of allylic oxidation sites excluding steroid dienone is 1. The summed E-state index contributed by atoms with van der Waals surface area (Å²) in [5.74, 6) is 0.418. The highest BCUT2D eigenvalue weighted by atomic mass is 16.5. The first-order chi connectivity index (χ1) is 11.7. The largest absolute Gasteiger partial charge is 0.481 e. The number of carbonyl (C=O) groups is 1. The van der Waals surface area contributed by atoms with Crippen molar-refractivity contribution in [1.82, 2.24) is 9.88 Å². The van der Waals surface area contributed by atoms with Crippen LogP contribution in [0.3, 0.4) is 0 Å². The van der Waals surface area contributed by atoms with Crippen molar-refractivity contribution in [3.63, 3.8) is 0 Å². The van der Waals surface area contributed by atoms with E-state index in [0.29, 0.717) is 16.9 Å². The molecule has 2 aliphatic carbocycles. The van der Waals surface area contributed by atoms with Crippen LogP contribution in [0, 0.1) is 16.7 Å². The topological polar surface area (TPSA) is 66.2 Å². The van der Waals surface area contributed by atoms with Crippen LogP contribution in [0.25, 0.3) is 5.70 Å². The summed E-state index contributed by atoms with van der Waals surface area (Å²) in [7, 11) is 1.58. The highest BCUT2D eigenvalue weighted by molar-refractivity contribution is 6.09. The van der Waals surface area contributed by atoms with Crippen LogP contribution >= 0.6 is 0 Å². The molecule has 124 valence electrons. The fourth-order valence-electron chi connectivity index (χ4n) is 4.29. The number of fused-ring (bicyclic) bond motifs is 1. The van der Waals surface area contributed by atoms with E-state index in [-0.39, 0.29) is 12.2 Å². The molecule has 4 rings (SSSR count). The number of rotatable bonds is 2. The highest BCUT2D eigenvalue weighted by Crippen LogP contribution is 2.50. The number of likely N-dealkylation sites (tertiary alicyclic amines) is 1. The molecule has 5 heteroatoms. The summed E-state index contributed by atoms with van der Waals surface area (Å²) in [5.41, 5.74) is 3.43. The number of nitrogens with zero attached hydrogens (tertiary/aromatic N) is 3. The molecule has 1 saturated carbocycles. The zero-order valence-electron chi connectivity index (χ0n) is 14.0. The Morgan fingerprint density at radius 3 is 2.62 bits per heavy atom. The second-order valence-corrected chi connectivity index (χ2v) is 7.16. The lowest BCUT2D eigenvalue weighted by Crippen LogP contribution is -2.43. The van der Waals surface area contributed by atoms with Crippen LogP contribution in [0.15, 0.2) is 17.8 Å². The lowest BCUT2D eigenvalue weighted by atomic mass is 9.63. The summed E-state index contributed by atoms with van der Waals surface area (Å²) in [6, 6.07) is 4.02. The number of nitriles is 1. The van der Waals surface area contributed by atoms with Crippen LogP contribution in [0.2, 0.25) is 0 Å². The van der Waals surface area contributed by atoms with Gasteiger partial charge in [0.2, 0.25) is 5.88 Å². The van der Waals surface area contributed by atoms with E-state index in [9.17, 15) is 10.1 Å². The number of piperidine rings is 1. The molecule has 0 unspecified atom stereocenters. The van der Waals surface area contributed by atoms with Crippen molar-refractivity contribution in [2.45, 2.75) is 38.5 Å². The highest BCUT2D eigenvalue weighted by Gasteiger charge is 2.41. The molecule has 1 aliphatic heterocycles.